The maximum Gasteiger partial charge on any atom is 0.129 e. The zero-order chi connectivity index (χ0) is 15.8. The number of aromatic hydroxyl groups is 1. The third kappa shape index (κ3) is 2.16. The molecule has 4 aromatic carbocycles. The molecule has 0 saturated heterocycles. The summed E-state index contributed by atoms with van der Waals surface area (Å²) in [7, 11) is 0. The van der Waals surface area contributed by atoms with Crippen LogP contribution in [0.2, 0.25) is 0 Å². The van der Waals surface area contributed by atoms with Crippen molar-refractivity contribution < 1.29 is 10.2 Å². The predicted molar refractivity (Wildman–Crippen MR) is 94.5 cm³/mol. The lowest BCUT2D eigenvalue weighted by Gasteiger charge is -2.15. The van der Waals surface area contributed by atoms with Gasteiger partial charge in [-0.2, -0.15) is 0 Å². The lowest BCUT2D eigenvalue weighted by molar-refractivity contribution is 0.276. The minimum atomic E-state index is -0.186. The summed E-state index contributed by atoms with van der Waals surface area (Å²) in [6.07, 6.45) is 0. The SMILES string of the molecule is OCc1cc2ccccc2c(-c2cccc3ccccc23)c1O. The molecular weight excluding hydrogens is 284 g/mol. The van der Waals surface area contributed by atoms with Gasteiger partial charge in [-0.3, -0.25) is 0 Å². The zero-order valence-corrected chi connectivity index (χ0v) is 12.5. The molecule has 0 unspecified atom stereocenters. The largest absolute Gasteiger partial charge is 0.507 e. The van der Waals surface area contributed by atoms with E-state index in [0.29, 0.717) is 5.56 Å². The zero-order valence-electron chi connectivity index (χ0n) is 12.5. The molecular formula is C21H16O2. The van der Waals surface area contributed by atoms with Crippen LogP contribution in [0.5, 0.6) is 5.75 Å². The van der Waals surface area contributed by atoms with E-state index in [1.165, 1.54) is 0 Å². The molecule has 0 aliphatic carbocycles. The first-order valence-corrected chi connectivity index (χ1v) is 7.62. The molecule has 0 heterocycles. The van der Waals surface area contributed by atoms with E-state index in [1.54, 1.807) is 0 Å². The molecule has 0 bridgehead atoms. The lowest BCUT2D eigenvalue weighted by atomic mass is 9.91. The first-order chi connectivity index (χ1) is 11.3. The van der Waals surface area contributed by atoms with Crippen LogP contribution in [0.1, 0.15) is 5.56 Å². The highest BCUT2D eigenvalue weighted by molar-refractivity contribution is 6.08. The quantitative estimate of drug-likeness (QED) is 0.555. The fourth-order valence-electron chi connectivity index (χ4n) is 3.23. The van der Waals surface area contributed by atoms with Gasteiger partial charge in [0, 0.05) is 11.1 Å². The second-order valence-electron chi connectivity index (χ2n) is 5.67. The van der Waals surface area contributed by atoms with Crippen LogP contribution in [0.4, 0.5) is 0 Å². The lowest BCUT2D eigenvalue weighted by Crippen LogP contribution is -1.91. The van der Waals surface area contributed by atoms with Crippen molar-refractivity contribution in [3.05, 3.63) is 78.4 Å². The maximum absolute atomic E-state index is 10.7. The van der Waals surface area contributed by atoms with E-state index in [4.69, 9.17) is 0 Å². The van der Waals surface area contributed by atoms with Crippen LogP contribution in [-0.2, 0) is 6.61 Å². The predicted octanol–water partition coefficient (Wildman–Crippen LogP) is 4.86. The summed E-state index contributed by atoms with van der Waals surface area (Å²) in [5.74, 6) is 0.155. The van der Waals surface area contributed by atoms with Crippen LogP contribution >= 0.6 is 0 Å². The molecule has 2 nitrogen and oxygen atoms in total. The Labute approximate surface area is 134 Å². The number of hydrogen-bond donors (Lipinski definition) is 2. The van der Waals surface area contributed by atoms with Gasteiger partial charge in [0.2, 0.25) is 0 Å². The monoisotopic (exact) mass is 300 g/mol. The topological polar surface area (TPSA) is 40.5 Å². The average Bonchev–Trinajstić information content (AvgIpc) is 2.61. The molecule has 4 rings (SSSR count). The Hall–Kier alpha value is -2.84. The number of aliphatic hydroxyl groups excluding tert-OH is 1. The van der Waals surface area contributed by atoms with Crippen LogP contribution < -0.4 is 0 Å². The number of fused-ring (bicyclic) bond motifs is 2. The van der Waals surface area contributed by atoms with Gasteiger partial charge in [0.1, 0.15) is 5.75 Å². The number of benzene rings is 4. The Morgan fingerprint density at radius 1 is 0.696 bits per heavy atom. The van der Waals surface area contributed by atoms with E-state index in [1.807, 2.05) is 54.6 Å². The summed E-state index contributed by atoms with van der Waals surface area (Å²) in [5, 5.41) is 24.6. The summed E-state index contributed by atoms with van der Waals surface area (Å²) in [4.78, 5) is 0. The molecule has 0 aliphatic heterocycles. The fourth-order valence-corrected chi connectivity index (χ4v) is 3.23. The first kappa shape index (κ1) is 13.8. The molecule has 0 fully saturated rings. The van der Waals surface area contributed by atoms with E-state index in [0.717, 1.165) is 32.7 Å². The molecule has 0 amide bonds. The maximum atomic E-state index is 10.7. The van der Waals surface area contributed by atoms with E-state index in [-0.39, 0.29) is 12.4 Å². The number of hydrogen-bond acceptors (Lipinski definition) is 2. The minimum absolute atomic E-state index is 0.155. The van der Waals surface area contributed by atoms with Gasteiger partial charge in [0.15, 0.2) is 0 Å². The summed E-state index contributed by atoms with van der Waals surface area (Å²) >= 11 is 0. The standard InChI is InChI=1S/C21H16O2/c22-13-16-12-15-7-2-4-10-18(15)20(21(16)23)19-11-5-8-14-6-1-3-9-17(14)19/h1-12,22-23H,13H2. The van der Waals surface area contributed by atoms with Crippen LogP contribution in [0.3, 0.4) is 0 Å². The average molecular weight is 300 g/mol. The molecule has 0 radical (unpaired) electrons. The molecule has 0 spiro atoms. The van der Waals surface area contributed by atoms with E-state index >= 15 is 0 Å². The Kier molecular flexibility index (Phi) is 3.25. The van der Waals surface area contributed by atoms with Gasteiger partial charge < -0.3 is 10.2 Å². The molecule has 0 saturated carbocycles. The highest BCUT2D eigenvalue weighted by Gasteiger charge is 2.15. The van der Waals surface area contributed by atoms with E-state index in [9.17, 15) is 10.2 Å². The molecule has 0 aliphatic rings. The number of aliphatic hydroxyl groups is 1. The highest BCUT2D eigenvalue weighted by Crippen LogP contribution is 2.41. The van der Waals surface area contributed by atoms with Gasteiger partial charge >= 0.3 is 0 Å². The van der Waals surface area contributed by atoms with Crippen molar-refractivity contribution >= 4 is 21.5 Å². The van der Waals surface area contributed by atoms with Gasteiger partial charge in [-0.05, 0) is 33.2 Å². The highest BCUT2D eigenvalue weighted by atomic mass is 16.3. The van der Waals surface area contributed by atoms with Gasteiger partial charge in [-0.15, -0.1) is 0 Å². The van der Waals surface area contributed by atoms with Crippen molar-refractivity contribution in [1.82, 2.24) is 0 Å². The Bertz CT molecular complexity index is 1010. The number of rotatable bonds is 2. The second kappa shape index (κ2) is 5.41. The Balaban J connectivity index is 2.18. The smallest absolute Gasteiger partial charge is 0.129 e. The summed E-state index contributed by atoms with van der Waals surface area (Å²) in [5.41, 5.74) is 2.31. The fraction of sp³-hybridized carbons (Fsp3) is 0.0476. The summed E-state index contributed by atoms with van der Waals surface area (Å²) < 4.78 is 0. The van der Waals surface area contributed by atoms with Crippen LogP contribution in [0.25, 0.3) is 32.7 Å². The van der Waals surface area contributed by atoms with Crippen molar-refractivity contribution in [3.63, 3.8) is 0 Å². The molecule has 0 aromatic heterocycles. The van der Waals surface area contributed by atoms with Crippen molar-refractivity contribution in [3.8, 4) is 16.9 Å². The van der Waals surface area contributed by atoms with Crippen molar-refractivity contribution in [2.24, 2.45) is 0 Å². The summed E-state index contributed by atoms with van der Waals surface area (Å²) in [6, 6.07) is 24.0. The van der Waals surface area contributed by atoms with Gasteiger partial charge in [-0.25, -0.2) is 0 Å². The molecule has 2 N–H and O–H groups in total. The van der Waals surface area contributed by atoms with Crippen LogP contribution in [0, 0.1) is 0 Å². The van der Waals surface area contributed by atoms with Gasteiger partial charge in [0.25, 0.3) is 0 Å². The molecule has 0 atom stereocenters. The van der Waals surface area contributed by atoms with Crippen LogP contribution in [-0.4, -0.2) is 10.2 Å². The van der Waals surface area contributed by atoms with Crippen molar-refractivity contribution in [2.75, 3.05) is 0 Å². The summed E-state index contributed by atoms with van der Waals surface area (Å²) in [6.45, 7) is -0.186. The minimum Gasteiger partial charge on any atom is -0.507 e. The molecule has 2 heteroatoms. The second-order valence-corrected chi connectivity index (χ2v) is 5.67. The third-order valence-electron chi connectivity index (χ3n) is 4.33. The van der Waals surface area contributed by atoms with E-state index in [2.05, 4.69) is 18.2 Å². The number of phenols is 1. The first-order valence-electron chi connectivity index (χ1n) is 7.62. The Morgan fingerprint density at radius 3 is 2.13 bits per heavy atom. The van der Waals surface area contributed by atoms with Crippen LogP contribution in [0.15, 0.2) is 72.8 Å². The third-order valence-corrected chi connectivity index (χ3v) is 4.33. The van der Waals surface area contributed by atoms with Gasteiger partial charge in [0.05, 0.1) is 6.61 Å². The molecule has 112 valence electrons. The molecule has 4 aromatic rings. The van der Waals surface area contributed by atoms with Crippen molar-refractivity contribution in [1.29, 1.82) is 0 Å². The Morgan fingerprint density at radius 2 is 1.35 bits per heavy atom. The van der Waals surface area contributed by atoms with Crippen molar-refractivity contribution in [2.45, 2.75) is 6.61 Å². The normalized spacial score (nSPS) is 11.2. The van der Waals surface area contributed by atoms with E-state index < -0.39 is 0 Å². The van der Waals surface area contributed by atoms with Gasteiger partial charge in [-0.1, -0.05) is 66.7 Å². The molecule has 23 heavy (non-hydrogen) atoms.